The second kappa shape index (κ2) is 12.5. The smallest absolute Gasteiger partial charge is 0.245 e. The molecule has 4 nitrogen and oxygen atoms in total. The van der Waals surface area contributed by atoms with Crippen molar-refractivity contribution in [3.8, 4) is 0 Å². The summed E-state index contributed by atoms with van der Waals surface area (Å²) in [4.78, 5) is 11.2. The number of nitrogens with one attached hydrogen (secondary N) is 2. The summed E-state index contributed by atoms with van der Waals surface area (Å²) < 4.78 is 0. The average Bonchev–Trinajstić information content (AvgIpc) is 2.64. The van der Waals surface area contributed by atoms with Gasteiger partial charge in [-0.3, -0.25) is 4.79 Å². The number of aliphatic hydroxyl groups excluding tert-OH is 1. The van der Waals surface area contributed by atoms with Crippen LogP contribution in [-0.2, 0) is 11.2 Å². The van der Waals surface area contributed by atoms with Crippen LogP contribution in [0.2, 0.25) is 0 Å². The second-order valence-corrected chi connectivity index (χ2v) is 6.19. The Balaban J connectivity index is 2.73. The van der Waals surface area contributed by atoms with Crippen LogP contribution in [0, 0.1) is 5.92 Å². The zero-order valence-corrected chi connectivity index (χ0v) is 15.5. The van der Waals surface area contributed by atoms with E-state index in [1.165, 1.54) is 11.1 Å². The van der Waals surface area contributed by atoms with Gasteiger partial charge in [-0.15, -0.1) is 6.58 Å². The first-order valence-corrected chi connectivity index (χ1v) is 9.05. The molecule has 2 atom stereocenters. The molecule has 1 unspecified atom stereocenters. The highest BCUT2D eigenvalue weighted by Crippen LogP contribution is 2.25. The van der Waals surface area contributed by atoms with E-state index in [4.69, 9.17) is 5.11 Å². The molecule has 0 fully saturated rings. The number of amides is 1. The lowest BCUT2D eigenvalue weighted by Gasteiger charge is -2.17. The highest BCUT2D eigenvalue weighted by atomic mass is 16.3. The van der Waals surface area contributed by atoms with Crippen molar-refractivity contribution in [1.82, 2.24) is 10.6 Å². The van der Waals surface area contributed by atoms with Gasteiger partial charge >= 0.3 is 0 Å². The van der Waals surface area contributed by atoms with Crippen molar-refractivity contribution in [1.29, 1.82) is 0 Å². The minimum absolute atomic E-state index is 0.257. The van der Waals surface area contributed by atoms with Crippen molar-refractivity contribution >= 4 is 5.91 Å². The molecule has 4 heteroatoms. The molecule has 138 valence electrons. The Hall–Kier alpha value is -1.91. The van der Waals surface area contributed by atoms with Crippen LogP contribution in [0.5, 0.6) is 0 Å². The molecule has 25 heavy (non-hydrogen) atoms. The zero-order valence-electron chi connectivity index (χ0n) is 15.5. The van der Waals surface area contributed by atoms with Crippen LogP contribution in [0.1, 0.15) is 36.8 Å². The SMILES string of the molecule is C=CC(C/C=C/[C@H](CC)CNC)c1ccccc1CCNC(=O)CO. The van der Waals surface area contributed by atoms with Gasteiger partial charge in [0.2, 0.25) is 5.91 Å². The molecule has 1 aromatic carbocycles. The maximum Gasteiger partial charge on any atom is 0.245 e. The summed E-state index contributed by atoms with van der Waals surface area (Å²) in [5.41, 5.74) is 2.46. The summed E-state index contributed by atoms with van der Waals surface area (Å²) in [6.45, 7) is 7.26. The molecule has 0 aliphatic heterocycles. The topological polar surface area (TPSA) is 61.4 Å². The third kappa shape index (κ3) is 7.67. The van der Waals surface area contributed by atoms with Crippen LogP contribution in [0.25, 0.3) is 0 Å². The number of carbonyl (C=O) groups is 1. The lowest BCUT2D eigenvalue weighted by Crippen LogP contribution is -2.28. The Morgan fingerprint density at radius 1 is 1.36 bits per heavy atom. The molecule has 0 aromatic heterocycles. The number of rotatable bonds is 12. The van der Waals surface area contributed by atoms with Gasteiger partial charge < -0.3 is 15.7 Å². The highest BCUT2D eigenvalue weighted by Gasteiger charge is 2.11. The number of benzene rings is 1. The van der Waals surface area contributed by atoms with E-state index in [1.54, 1.807) is 0 Å². The summed E-state index contributed by atoms with van der Waals surface area (Å²) in [5.74, 6) is 0.475. The monoisotopic (exact) mass is 344 g/mol. The molecule has 0 heterocycles. The van der Waals surface area contributed by atoms with Crippen molar-refractivity contribution in [3.05, 3.63) is 60.2 Å². The number of carbonyl (C=O) groups excluding carboxylic acids is 1. The van der Waals surface area contributed by atoms with E-state index in [2.05, 4.69) is 48.4 Å². The lowest BCUT2D eigenvalue weighted by molar-refractivity contribution is -0.123. The van der Waals surface area contributed by atoms with E-state index >= 15 is 0 Å². The number of hydrogen-bond donors (Lipinski definition) is 3. The molecule has 1 aromatic rings. The predicted octanol–water partition coefficient (Wildman–Crippen LogP) is 2.80. The standard InChI is InChI=1S/C21H32N2O2/c1-4-17(15-22-3)9-8-11-18(5-2)20-12-7-6-10-19(20)13-14-23-21(25)16-24/h5-10,12,17-18,22,24H,2,4,11,13-16H2,1,3H3,(H,23,25)/b9-8+/t17-,18?/m0/s1. The largest absolute Gasteiger partial charge is 0.387 e. The molecule has 0 saturated heterocycles. The van der Waals surface area contributed by atoms with Gasteiger partial charge in [0.15, 0.2) is 0 Å². The Kier molecular flexibility index (Phi) is 10.5. The maximum atomic E-state index is 11.2. The molecule has 0 aliphatic rings. The Bertz CT molecular complexity index is 555. The van der Waals surface area contributed by atoms with E-state index in [1.807, 2.05) is 25.3 Å². The third-order valence-corrected chi connectivity index (χ3v) is 4.39. The van der Waals surface area contributed by atoms with Crippen LogP contribution in [0.3, 0.4) is 0 Å². The van der Waals surface area contributed by atoms with Crippen molar-refractivity contribution in [2.45, 2.75) is 32.1 Å². The fourth-order valence-electron chi connectivity index (χ4n) is 2.89. The van der Waals surface area contributed by atoms with Crippen molar-refractivity contribution in [2.75, 3.05) is 26.7 Å². The van der Waals surface area contributed by atoms with Gasteiger partial charge in [0.05, 0.1) is 0 Å². The first-order chi connectivity index (χ1) is 12.2. The summed E-state index contributed by atoms with van der Waals surface area (Å²) >= 11 is 0. The minimum Gasteiger partial charge on any atom is -0.387 e. The van der Waals surface area contributed by atoms with Gasteiger partial charge in [0, 0.05) is 19.0 Å². The molecule has 1 amide bonds. The van der Waals surface area contributed by atoms with Crippen LogP contribution in [-0.4, -0.2) is 37.8 Å². The van der Waals surface area contributed by atoms with E-state index in [-0.39, 0.29) is 11.8 Å². The lowest BCUT2D eigenvalue weighted by atomic mass is 9.89. The van der Waals surface area contributed by atoms with Gasteiger partial charge in [0.1, 0.15) is 6.61 Å². The molecule has 0 bridgehead atoms. The molecule has 3 N–H and O–H groups in total. The van der Waals surface area contributed by atoms with Crippen molar-refractivity contribution in [3.63, 3.8) is 0 Å². The molecular weight excluding hydrogens is 312 g/mol. The maximum absolute atomic E-state index is 11.2. The molecule has 0 radical (unpaired) electrons. The van der Waals surface area contributed by atoms with Crippen LogP contribution >= 0.6 is 0 Å². The number of hydrogen-bond acceptors (Lipinski definition) is 3. The summed E-state index contributed by atoms with van der Waals surface area (Å²) in [5, 5.41) is 14.7. The minimum atomic E-state index is -0.465. The quantitative estimate of drug-likeness (QED) is 0.511. The fraction of sp³-hybridized carbons (Fsp3) is 0.476. The van der Waals surface area contributed by atoms with E-state index in [9.17, 15) is 4.79 Å². The zero-order chi connectivity index (χ0) is 18.5. The first-order valence-electron chi connectivity index (χ1n) is 9.05. The van der Waals surface area contributed by atoms with Crippen molar-refractivity contribution in [2.24, 2.45) is 5.92 Å². The molecule has 0 saturated carbocycles. The van der Waals surface area contributed by atoms with Crippen LogP contribution < -0.4 is 10.6 Å². The molecule has 0 spiro atoms. The van der Waals surface area contributed by atoms with Crippen molar-refractivity contribution < 1.29 is 9.90 Å². The number of aliphatic hydroxyl groups is 1. The van der Waals surface area contributed by atoms with E-state index in [0.717, 1.165) is 25.8 Å². The first kappa shape index (κ1) is 21.1. The van der Waals surface area contributed by atoms with Crippen LogP contribution in [0.15, 0.2) is 49.1 Å². The highest BCUT2D eigenvalue weighted by molar-refractivity contribution is 5.76. The summed E-state index contributed by atoms with van der Waals surface area (Å²) in [6, 6.07) is 8.29. The molecular formula is C21H32N2O2. The van der Waals surface area contributed by atoms with Gasteiger partial charge in [-0.1, -0.05) is 49.4 Å². The summed E-state index contributed by atoms with van der Waals surface area (Å²) in [7, 11) is 1.98. The predicted molar refractivity (Wildman–Crippen MR) is 105 cm³/mol. The van der Waals surface area contributed by atoms with E-state index < -0.39 is 6.61 Å². The van der Waals surface area contributed by atoms with Gasteiger partial charge in [-0.2, -0.15) is 0 Å². The Morgan fingerprint density at radius 2 is 2.12 bits per heavy atom. The Labute approximate surface area is 152 Å². The van der Waals surface area contributed by atoms with Gasteiger partial charge in [-0.05, 0) is 43.4 Å². The molecule has 1 rings (SSSR count). The van der Waals surface area contributed by atoms with Gasteiger partial charge in [-0.25, -0.2) is 0 Å². The number of allylic oxidation sites excluding steroid dienone is 2. The Morgan fingerprint density at radius 3 is 2.76 bits per heavy atom. The fourth-order valence-corrected chi connectivity index (χ4v) is 2.89. The second-order valence-electron chi connectivity index (χ2n) is 6.19. The summed E-state index contributed by atoms with van der Waals surface area (Å²) in [6.07, 6.45) is 9.32. The third-order valence-electron chi connectivity index (χ3n) is 4.39. The van der Waals surface area contributed by atoms with Crippen LogP contribution in [0.4, 0.5) is 0 Å². The van der Waals surface area contributed by atoms with E-state index in [0.29, 0.717) is 12.5 Å². The molecule has 0 aliphatic carbocycles. The van der Waals surface area contributed by atoms with Gasteiger partial charge in [0.25, 0.3) is 0 Å². The normalized spacial score (nSPS) is 13.6. The average molecular weight is 344 g/mol.